The van der Waals surface area contributed by atoms with Crippen molar-refractivity contribution in [2.75, 3.05) is 25.8 Å². The molecule has 1 amide bonds. The highest BCUT2D eigenvalue weighted by atomic mass is 32.2. The number of thioether (sulfide) groups is 2. The van der Waals surface area contributed by atoms with Crippen LogP contribution in [0.2, 0.25) is 0 Å². The number of ether oxygens (including phenoxy) is 2. The molecule has 0 unspecified atom stereocenters. The van der Waals surface area contributed by atoms with Crippen molar-refractivity contribution in [3.05, 3.63) is 17.7 Å². The second-order valence-corrected chi connectivity index (χ2v) is 6.46. The highest BCUT2D eigenvalue weighted by Gasteiger charge is 2.39. The van der Waals surface area contributed by atoms with Gasteiger partial charge in [-0.25, -0.2) is 0 Å². The van der Waals surface area contributed by atoms with Gasteiger partial charge in [-0.3, -0.25) is 9.59 Å². The van der Waals surface area contributed by atoms with Gasteiger partial charge in [-0.1, -0.05) is 0 Å². The lowest BCUT2D eigenvalue weighted by molar-refractivity contribution is -0.113. The molecule has 0 aliphatic carbocycles. The Bertz CT molecular complexity index is 590. The summed E-state index contributed by atoms with van der Waals surface area (Å²) in [5.41, 5.74) is 0.506. The minimum absolute atomic E-state index is 0.00863. The number of hydrogen-bond donors (Lipinski definition) is 0. The summed E-state index contributed by atoms with van der Waals surface area (Å²) in [6, 6.07) is 3.02. The van der Waals surface area contributed by atoms with Crippen LogP contribution in [0.4, 0.5) is 0 Å². The van der Waals surface area contributed by atoms with Gasteiger partial charge in [0, 0.05) is 10.6 Å². The summed E-state index contributed by atoms with van der Waals surface area (Å²) < 4.78 is 10.5. The van der Waals surface area contributed by atoms with E-state index >= 15 is 0 Å². The van der Waals surface area contributed by atoms with Crippen molar-refractivity contribution in [3.63, 3.8) is 0 Å². The maximum atomic E-state index is 12.6. The third kappa shape index (κ3) is 2.05. The van der Waals surface area contributed by atoms with Gasteiger partial charge in [-0.15, -0.1) is 11.8 Å². The van der Waals surface area contributed by atoms with Crippen molar-refractivity contribution < 1.29 is 19.1 Å². The zero-order valence-corrected chi connectivity index (χ0v) is 12.7. The number of carbonyl (C=O) groups excluding carboxylic acids is 2. The molecular weight excluding hydrogens is 298 g/mol. The fourth-order valence-corrected chi connectivity index (χ4v) is 4.53. The Hall–Kier alpha value is -1.34. The van der Waals surface area contributed by atoms with Gasteiger partial charge in [0.25, 0.3) is 5.91 Å². The number of rotatable bonds is 2. The quantitative estimate of drug-likeness (QED) is 0.831. The predicted molar refractivity (Wildman–Crippen MR) is 77.7 cm³/mol. The molecule has 2 heterocycles. The zero-order valence-electron chi connectivity index (χ0n) is 11.0. The number of benzene rings is 1. The Balaban J connectivity index is 2.12. The number of fused-ring (bicyclic) bond motifs is 2. The molecule has 5 nitrogen and oxygen atoms in total. The second kappa shape index (κ2) is 5.21. The molecule has 0 saturated carbocycles. The van der Waals surface area contributed by atoms with Gasteiger partial charge in [-0.2, -0.15) is 0 Å². The maximum Gasteiger partial charge on any atom is 0.256 e. The van der Waals surface area contributed by atoms with E-state index in [1.54, 1.807) is 28.8 Å². The van der Waals surface area contributed by atoms with E-state index in [9.17, 15) is 9.59 Å². The Morgan fingerprint density at radius 2 is 1.90 bits per heavy atom. The number of hydrogen-bond acceptors (Lipinski definition) is 6. The first kappa shape index (κ1) is 13.6. The lowest BCUT2D eigenvalue weighted by atomic mass is 10.1. The molecule has 2 aliphatic rings. The molecule has 20 heavy (non-hydrogen) atoms. The second-order valence-electron chi connectivity index (χ2n) is 4.42. The van der Waals surface area contributed by atoms with E-state index in [4.69, 9.17) is 9.47 Å². The van der Waals surface area contributed by atoms with Gasteiger partial charge in [0.15, 0.2) is 11.5 Å². The van der Waals surface area contributed by atoms with Crippen LogP contribution in [0.15, 0.2) is 17.0 Å². The molecule has 1 aromatic carbocycles. The first-order valence-corrected chi connectivity index (χ1v) is 7.99. The van der Waals surface area contributed by atoms with Crippen molar-refractivity contribution >= 4 is 34.5 Å². The number of nitrogens with zero attached hydrogens (tertiary/aromatic N) is 1. The first-order chi connectivity index (χ1) is 9.65. The monoisotopic (exact) mass is 311 g/mol. The Kier molecular flexibility index (Phi) is 3.55. The van der Waals surface area contributed by atoms with E-state index < -0.39 is 0 Å². The molecule has 0 N–H and O–H groups in total. The highest BCUT2D eigenvalue weighted by Crippen LogP contribution is 2.41. The number of methoxy groups -OCH3 is 2. The zero-order chi connectivity index (χ0) is 14.3. The standard InChI is InChI=1S/C13H13NO4S2/c1-17-9-3-7-11(4-10(9)18-2)20-13(16)8-5-19-6-14(8)12(7)15/h3-4,8H,5-6H2,1-2H3/t8-/m1/s1. The lowest BCUT2D eigenvalue weighted by Crippen LogP contribution is -2.39. The fraction of sp³-hybridized carbons (Fsp3) is 0.385. The summed E-state index contributed by atoms with van der Waals surface area (Å²) in [7, 11) is 3.06. The molecule has 0 radical (unpaired) electrons. The molecule has 7 heteroatoms. The Morgan fingerprint density at radius 3 is 2.60 bits per heavy atom. The molecule has 1 fully saturated rings. The molecular formula is C13H13NO4S2. The molecule has 3 rings (SSSR count). The van der Waals surface area contributed by atoms with Crippen LogP contribution < -0.4 is 9.47 Å². The molecule has 1 aromatic rings. The molecule has 0 spiro atoms. The van der Waals surface area contributed by atoms with Crippen LogP contribution >= 0.6 is 23.5 Å². The summed E-state index contributed by atoms with van der Waals surface area (Å²) in [4.78, 5) is 27.1. The highest BCUT2D eigenvalue weighted by molar-refractivity contribution is 8.14. The SMILES string of the molecule is COc1cc2c(cc1OC)C(=O)N1CSC[C@@H]1C(=O)S2. The van der Waals surface area contributed by atoms with Crippen molar-refractivity contribution in [1.82, 2.24) is 4.90 Å². The van der Waals surface area contributed by atoms with E-state index in [1.807, 2.05) is 0 Å². The van der Waals surface area contributed by atoms with Gasteiger partial charge in [0.05, 0.1) is 25.7 Å². The van der Waals surface area contributed by atoms with E-state index in [2.05, 4.69) is 0 Å². The summed E-state index contributed by atoms with van der Waals surface area (Å²) in [5, 5.41) is 0.00863. The molecule has 2 aliphatic heterocycles. The third-order valence-corrected chi connectivity index (χ3v) is 5.39. The summed E-state index contributed by atoms with van der Waals surface area (Å²) in [5.74, 6) is 2.13. The Labute approximate surface area is 125 Å². The van der Waals surface area contributed by atoms with E-state index in [1.165, 1.54) is 14.2 Å². The van der Waals surface area contributed by atoms with Gasteiger partial charge >= 0.3 is 0 Å². The summed E-state index contributed by atoms with van der Waals surface area (Å²) in [6.45, 7) is 0. The van der Waals surface area contributed by atoms with Gasteiger partial charge < -0.3 is 14.4 Å². The van der Waals surface area contributed by atoms with Crippen LogP contribution in [0.25, 0.3) is 0 Å². The summed E-state index contributed by atoms with van der Waals surface area (Å²) >= 11 is 2.71. The molecule has 0 bridgehead atoms. The van der Waals surface area contributed by atoms with E-state index in [0.717, 1.165) is 11.8 Å². The van der Waals surface area contributed by atoms with Gasteiger partial charge in [0.2, 0.25) is 5.12 Å². The van der Waals surface area contributed by atoms with Crippen LogP contribution in [-0.4, -0.2) is 47.8 Å². The van der Waals surface area contributed by atoms with Crippen LogP contribution in [0, 0.1) is 0 Å². The van der Waals surface area contributed by atoms with Crippen molar-refractivity contribution in [2.24, 2.45) is 0 Å². The van der Waals surface area contributed by atoms with Crippen LogP contribution in [0.5, 0.6) is 11.5 Å². The lowest BCUT2D eigenvalue weighted by Gasteiger charge is -2.19. The van der Waals surface area contributed by atoms with Crippen molar-refractivity contribution in [3.8, 4) is 11.5 Å². The fourth-order valence-electron chi connectivity index (χ4n) is 2.28. The van der Waals surface area contributed by atoms with Crippen LogP contribution in [0.3, 0.4) is 0 Å². The van der Waals surface area contributed by atoms with Crippen LogP contribution in [-0.2, 0) is 4.79 Å². The average Bonchev–Trinajstić information content (AvgIpc) is 2.92. The third-order valence-electron chi connectivity index (χ3n) is 3.34. The minimum Gasteiger partial charge on any atom is -0.493 e. The predicted octanol–water partition coefficient (Wildman–Crippen LogP) is 1.85. The first-order valence-electron chi connectivity index (χ1n) is 6.02. The maximum absolute atomic E-state index is 12.6. The molecule has 106 valence electrons. The van der Waals surface area contributed by atoms with Gasteiger partial charge in [-0.05, 0) is 23.9 Å². The number of amides is 1. The van der Waals surface area contributed by atoms with Crippen molar-refractivity contribution in [1.29, 1.82) is 0 Å². The number of carbonyl (C=O) groups is 2. The van der Waals surface area contributed by atoms with Crippen LogP contribution in [0.1, 0.15) is 10.4 Å². The normalized spacial score (nSPS) is 21.3. The van der Waals surface area contributed by atoms with Crippen molar-refractivity contribution in [2.45, 2.75) is 10.9 Å². The summed E-state index contributed by atoms with van der Waals surface area (Å²) in [6.07, 6.45) is 0. The Morgan fingerprint density at radius 1 is 1.20 bits per heavy atom. The van der Waals surface area contributed by atoms with E-state index in [-0.39, 0.29) is 17.1 Å². The topological polar surface area (TPSA) is 55.8 Å². The molecule has 1 saturated heterocycles. The van der Waals surface area contributed by atoms with E-state index in [0.29, 0.717) is 33.6 Å². The minimum atomic E-state index is -0.332. The largest absolute Gasteiger partial charge is 0.493 e. The smallest absolute Gasteiger partial charge is 0.256 e. The average molecular weight is 311 g/mol. The molecule has 1 atom stereocenters. The molecule has 0 aromatic heterocycles. The van der Waals surface area contributed by atoms with Gasteiger partial charge in [0.1, 0.15) is 6.04 Å².